The van der Waals surface area contributed by atoms with Gasteiger partial charge in [-0.2, -0.15) is 0 Å². The maximum Gasteiger partial charge on any atom is 0.344 e. The van der Waals surface area contributed by atoms with Crippen LogP contribution < -0.4 is 0 Å². The first-order chi connectivity index (χ1) is 10.5. The normalized spacial score (nSPS) is 11.9. The molecule has 0 aliphatic rings. The summed E-state index contributed by atoms with van der Waals surface area (Å²) in [5, 5.41) is 11.2. The van der Waals surface area contributed by atoms with Gasteiger partial charge in [0.2, 0.25) is 0 Å². The summed E-state index contributed by atoms with van der Waals surface area (Å²) in [6, 6.07) is 10.5. The van der Waals surface area contributed by atoms with Gasteiger partial charge < -0.3 is 14.6 Å². The Morgan fingerprint density at radius 3 is 2.50 bits per heavy atom. The molecule has 2 aromatic carbocycles. The second-order valence-electron chi connectivity index (χ2n) is 4.93. The molecule has 0 heterocycles. The van der Waals surface area contributed by atoms with E-state index in [1.165, 1.54) is 0 Å². The van der Waals surface area contributed by atoms with E-state index in [0.29, 0.717) is 0 Å². The number of rotatable bonds is 5. The Bertz CT molecular complexity index is 693. The van der Waals surface area contributed by atoms with Crippen molar-refractivity contribution in [2.24, 2.45) is 0 Å². The molecule has 0 aliphatic carbocycles. The topological polar surface area (TPSA) is 72.8 Å². The molecule has 22 heavy (non-hydrogen) atoms. The van der Waals surface area contributed by atoms with Gasteiger partial charge in [0, 0.05) is 0 Å². The van der Waals surface area contributed by atoms with Crippen LogP contribution in [0.5, 0.6) is 5.75 Å². The Balaban J connectivity index is 2.08. The minimum Gasteiger partial charge on any atom is -0.508 e. The van der Waals surface area contributed by atoms with E-state index >= 15 is 0 Å². The van der Waals surface area contributed by atoms with Crippen LogP contribution in [-0.2, 0) is 19.1 Å². The molecule has 0 amide bonds. The molecule has 1 atom stereocenters. The molecule has 0 bridgehead atoms. The molecule has 0 aliphatic heterocycles. The molecule has 5 nitrogen and oxygen atoms in total. The number of fused-ring (bicyclic) bond motifs is 1. The highest BCUT2D eigenvalue weighted by atomic mass is 16.6. The van der Waals surface area contributed by atoms with Crippen molar-refractivity contribution in [3.8, 4) is 5.75 Å². The predicted octanol–water partition coefficient (Wildman–Crippen LogP) is 2.76. The molecule has 1 unspecified atom stereocenters. The second-order valence-corrected chi connectivity index (χ2v) is 4.93. The Kier molecular flexibility index (Phi) is 4.99. The van der Waals surface area contributed by atoms with Crippen molar-refractivity contribution in [2.75, 3.05) is 13.2 Å². The van der Waals surface area contributed by atoms with Crippen LogP contribution >= 0.6 is 0 Å². The van der Waals surface area contributed by atoms with Gasteiger partial charge in [-0.05, 0) is 42.3 Å². The maximum atomic E-state index is 12.0. The molecular formula is C17H18O5. The Morgan fingerprint density at radius 2 is 1.77 bits per heavy atom. The fourth-order valence-electron chi connectivity index (χ4n) is 2.11. The second kappa shape index (κ2) is 6.93. The first-order valence-electron chi connectivity index (χ1n) is 7.06. The standard InChI is InChI=1S/C17H18O5/c1-3-21-16(19)10-22-17(20)11(2)12-4-5-14-9-15(18)7-6-13(14)8-12/h4-9,11,18H,3,10H2,1-2H3. The number of benzene rings is 2. The van der Waals surface area contributed by atoms with Crippen LogP contribution in [0, 0.1) is 0 Å². The average molecular weight is 302 g/mol. The molecular weight excluding hydrogens is 284 g/mol. The number of hydrogen-bond acceptors (Lipinski definition) is 5. The lowest BCUT2D eigenvalue weighted by Crippen LogP contribution is -2.19. The SMILES string of the molecule is CCOC(=O)COC(=O)C(C)c1ccc2cc(O)ccc2c1. The predicted molar refractivity (Wildman–Crippen MR) is 81.6 cm³/mol. The number of aromatic hydroxyl groups is 1. The van der Waals surface area contributed by atoms with Crippen molar-refractivity contribution in [1.82, 2.24) is 0 Å². The van der Waals surface area contributed by atoms with Crippen LogP contribution in [0.25, 0.3) is 10.8 Å². The smallest absolute Gasteiger partial charge is 0.344 e. The van der Waals surface area contributed by atoms with Crippen molar-refractivity contribution in [2.45, 2.75) is 19.8 Å². The summed E-state index contributed by atoms with van der Waals surface area (Å²) >= 11 is 0. The quantitative estimate of drug-likeness (QED) is 0.860. The monoisotopic (exact) mass is 302 g/mol. The molecule has 116 valence electrons. The van der Waals surface area contributed by atoms with Crippen LogP contribution in [0.3, 0.4) is 0 Å². The summed E-state index contributed by atoms with van der Waals surface area (Å²) in [6.45, 7) is 3.28. The number of hydrogen-bond donors (Lipinski definition) is 1. The Morgan fingerprint density at radius 1 is 1.09 bits per heavy atom. The van der Waals surface area contributed by atoms with E-state index in [0.717, 1.165) is 16.3 Å². The Labute approximate surface area is 128 Å². The number of ether oxygens (including phenoxy) is 2. The van der Waals surface area contributed by atoms with E-state index < -0.39 is 17.9 Å². The van der Waals surface area contributed by atoms with Crippen molar-refractivity contribution in [3.05, 3.63) is 42.0 Å². The van der Waals surface area contributed by atoms with Crippen LogP contribution in [0.2, 0.25) is 0 Å². The summed E-state index contributed by atoms with van der Waals surface area (Å²) < 4.78 is 9.66. The number of phenolic OH excluding ortho intramolecular Hbond substituents is 1. The van der Waals surface area contributed by atoms with Crippen LogP contribution in [0.1, 0.15) is 25.3 Å². The molecule has 2 aromatic rings. The summed E-state index contributed by atoms with van der Waals surface area (Å²) in [5.74, 6) is -1.34. The maximum absolute atomic E-state index is 12.0. The van der Waals surface area contributed by atoms with Crippen LogP contribution in [0.15, 0.2) is 36.4 Å². The zero-order valence-electron chi connectivity index (χ0n) is 12.5. The number of esters is 2. The molecule has 5 heteroatoms. The van der Waals surface area contributed by atoms with Gasteiger partial charge in [0.15, 0.2) is 6.61 Å². The lowest BCUT2D eigenvalue weighted by atomic mass is 9.98. The van der Waals surface area contributed by atoms with Crippen molar-refractivity contribution < 1.29 is 24.2 Å². The van der Waals surface area contributed by atoms with Crippen molar-refractivity contribution >= 4 is 22.7 Å². The van der Waals surface area contributed by atoms with Gasteiger partial charge in [-0.3, -0.25) is 4.79 Å². The zero-order chi connectivity index (χ0) is 16.1. The number of carbonyl (C=O) groups is 2. The minimum atomic E-state index is -0.558. The third kappa shape index (κ3) is 3.75. The fraction of sp³-hybridized carbons (Fsp3) is 0.294. The van der Waals surface area contributed by atoms with Gasteiger partial charge in [0.1, 0.15) is 5.75 Å². The summed E-state index contributed by atoms with van der Waals surface area (Å²) in [7, 11) is 0. The largest absolute Gasteiger partial charge is 0.508 e. The Hall–Kier alpha value is -2.56. The first kappa shape index (κ1) is 15.8. The molecule has 0 spiro atoms. The molecule has 0 saturated heterocycles. The molecule has 0 fully saturated rings. The zero-order valence-corrected chi connectivity index (χ0v) is 12.5. The first-order valence-corrected chi connectivity index (χ1v) is 7.06. The molecule has 0 aromatic heterocycles. The van der Waals surface area contributed by atoms with Gasteiger partial charge in [0.05, 0.1) is 12.5 Å². The number of phenols is 1. The summed E-state index contributed by atoms with van der Waals surface area (Å²) in [4.78, 5) is 23.2. The highest BCUT2D eigenvalue weighted by molar-refractivity contribution is 5.87. The van der Waals surface area contributed by atoms with Crippen molar-refractivity contribution in [1.29, 1.82) is 0 Å². The lowest BCUT2D eigenvalue weighted by molar-refractivity contribution is -0.159. The molecule has 0 radical (unpaired) electrons. The fourth-order valence-corrected chi connectivity index (χ4v) is 2.11. The third-order valence-corrected chi connectivity index (χ3v) is 3.34. The van der Waals surface area contributed by atoms with Gasteiger partial charge in [-0.15, -0.1) is 0 Å². The molecule has 1 N–H and O–H groups in total. The van der Waals surface area contributed by atoms with Gasteiger partial charge in [-0.1, -0.05) is 24.3 Å². The van der Waals surface area contributed by atoms with E-state index in [1.807, 2.05) is 12.1 Å². The highest BCUT2D eigenvalue weighted by Gasteiger charge is 2.18. The highest BCUT2D eigenvalue weighted by Crippen LogP contribution is 2.25. The third-order valence-electron chi connectivity index (χ3n) is 3.34. The molecule has 0 saturated carbocycles. The van der Waals surface area contributed by atoms with Gasteiger partial charge in [-0.25, -0.2) is 4.79 Å². The van der Waals surface area contributed by atoms with E-state index in [-0.39, 0.29) is 19.0 Å². The number of carbonyl (C=O) groups excluding carboxylic acids is 2. The van der Waals surface area contributed by atoms with Crippen molar-refractivity contribution in [3.63, 3.8) is 0 Å². The van der Waals surface area contributed by atoms with E-state index in [1.54, 1.807) is 38.1 Å². The van der Waals surface area contributed by atoms with E-state index in [4.69, 9.17) is 9.47 Å². The average Bonchev–Trinajstić information content (AvgIpc) is 2.51. The van der Waals surface area contributed by atoms with Crippen LogP contribution in [0.4, 0.5) is 0 Å². The summed E-state index contributed by atoms with van der Waals surface area (Å²) in [5.41, 5.74) is 0.784. The van der Waals surface area contributed by atoms with Gasteiger partial charge >= 0.3 is 11.9 Å². The minimum absolute atomic E-state index is 0.196. The molecule has 2 rings (SSSR count). The van der Waals surface area contributed by atoms with E-state index in [2.05, 4.69) is 0 Å². The van der Waals surface area contributed by atoms with Crippen LogP contribution in [-0.4, -0.2) is 30.3 Å². The van der Waals surface area contributed by atoms with E-state index in [9.17, 15) is 14.7 Å². The van der Waals surface area contributed by atoms with Gasteiger partial charge in [0.25, 0.3) is 0 Å². The summed E-state index contributed by atoms with van der Waals surface area (Å²) in [6.07, 6.45) is 0. The lowest BCUT2D eigenvalue weighted by Gasteiger charge is -2.12.